The zero-order valence-corrected chi connectivity index (χ0v) is 13.3. The molecule has 2 aromatic heterocycles. The molecule has 1 amide bonds. The minimum atomic E-state index is -0.506. The summed E-state index contributed by atoms with van der Waals surface area (Å²) < 4.78 is 7.24. The molecule has 0 unspecified atom stereocenters. The Morgan fingerprint density at radius 3 is 2.87 bits per heavy atom. The molecular weight excluding hydrogens is 294 g/mol. The molecule has 1 aliphatic rings. The fourth-order valence-corrected chi connectivity index (χ4v) is 2.52. The standard InChI is InChI=1S/C16H21N5O2/c1-10(2)13-7-14(16(17)22)21(20-13)11-3-4-12(19-8-11)15-9-18-5-6-23-15/h3-4,7-8,10,15,18H,5-6,9H2,1-2H3,(H2,17,22)/t15-/m1/s1. The highest BCUT2D eigenvalue weighted by atomic mass is 16.5. The number of carbonyl (C=O) groups is 1. The van der Waals surface area contributed by atoms with E-state index < -0.39 is 5.91 Å². The normalized spacial score (nSPS) is 18.3. The van der Waals surface area contributed by atoms with E-state index in [1.807, 2.05) is 26.0 Å². The number of nitrogens with zero attached hydrogens (tertiary/aromatic N) is 3. The molecule has 0 bridgehead atoms. The predicted molar refractivity (Wildman–Crippen MR) is 85.5 cm³/mol. The summed E-state index contributed by atoms with van der Waals surface area (Å²) in [5, 5.41) is 7.75. The molecule has 1 saturated heterocycles. The number of primary amides is 1. The van der Waals surface area contributed by atoms with Crippen molar-refractivity contribution in [2.24, 2.45) is 5.73 Å². The van der Waals surface area contributed by atoms with Crippen molar-refractivity contribution in [3.63, 3.8) is 0 Å². The van der Waals surface area contributed by atoms with Crippen molar-refractivity contribution in [3.8, 4) is 5.69 Å². The van der Waals surface area contributed by atoms with Crippen LogP contribution in [-0.4, -0.2) is 40.4 Å². The fraction of sp³-hybridized carbons (Fsp3) is 0.438. The van der Waals surface area contributed by atoms with Crippen LogP contribution in [0.5, 0.6) is 0 Å². The highest BCUT2D eigenvalue weighted by Crippen LogP contribution is 2.20. The molecule has 1 atom stereocenters. The summed E-state index contributed by atoms with van der Waals surface area (Å²) >= 11 is 0. The maximum atomic E-state index is 11.7. The number of nitrogens with two attached hydrogens (primary N) is 1. The Morgan fingerprint density at radius 2 is 2.30 bits per heavy atom. The number of hydrogen-bond acceptors (Lipinski definition) is 5. The lowest BCUT2D eigenvalue weighted by molar-refractivity contribution is 0.0250. The minimum absolute atomic E-state index is 0.0442. The number of hydrogen-bond donors (Lipinski definition) is 2. The molecule has 23 heavy (non-hydrogen) atoms. The van der Waals surface area contributed by atoms with E-state index in [0.717, 1.165) is 24.5 Å². The molecule has 1 aliphatic heterocycles. The Labute approximate surface area is 134 Å². The molecule has 7 heteroatoms. The molecule has 7 nitrogen and oxygen atoms in total. The molecular formula is C16H21N5O2. The number of carbonyl (C=O) groups excluding carboxylic acids is 1. The van der Waals surface area contributed by atoms with Crippen molar-refractivity contribution >= 4 is 5.91 Å². The third-order valence-corrected chi connectivity index (χ3v) is 3.85. The molecule has 1 fully saturated rings. The first-order chi connectivity index (χ1) is 11.1. The van der Waals surface area contributed by atoms with Crippen LogP contribution < -0.4 is 11.1 Å². The molecule has 3 rings (SSSR count). The average molecular weight is 315 g/mol. The monoisotopic (exact) mass is 315 g/mol. The molecule has 0 aromatic carbocycles. The molecule has 2 aromatic rings. The van der Waals surface area contributed by atoms with Crippen LogP contribution in [-0.2, 0) is 4.74 Å². The largest absolute Gasteiger partial charge is 0.369 e. The molecule has 122 valence electrons. The second-order valence-electron chi connectivity index (χ2n) is 5.89. The van der Waals surface area contributed by atoms with Gasteiger partial charge in [0.2, 0.25) is 0 Å². The third kappa shape index (κ3) is 3.25. The number of rotatable bonds is 4. The van der Waals surface area contributed by atoms with Gasteiger partial charge in [-0.1, -0.05) is 13.8 Å². The van der Waals surface area contributed by atoms with Crippen molar-refractivity contribution < 1.29 is 9.53 Å². The lowest BCUT2D eigenvalue weighted by atomic mass is 10.1. The van der Waals surface area contributed by atoms with E-state index in [1.165, 1.54) is 0 Å². The van der Waals surface area contributed by atoms with Crippen LogP contribution >= 0.6 is 0 Å². The van der Waals surface area contributed by atoms with Crippen molar-refractivity contribution in [1.29, 1.82) is 0 Å². The Balaban J connectivity index is 1.91. The van der Waals surface area contributed by atoms with Crippen LogP contribution in [0.2, 0.25) is 0 Å². The van der Waals surface area contributed by atoms with Gasteiger partial charge >= 0.3 is 0 Å². The van der Waals surface area contributed by atoms with E-state index in [0.29, 0.717) is 18.0 Å². The molecule has 0 radical (unpaired) electrons. The van der Waals surface area contributed by atoms with E-state index in [1.54, 1.807) is 16.9 Å². The van der Waals surface area contributed by atoms with Crippen molar-refractivity contribution in [2.45, 2.75) is 25.9 Å². The van der Waals surface area contributed by atoms with Gasteiger partial charge in [0.1, 0.15) is 11.8 Å². The van der Waals surface area contributed by atoms with Gasteiger partial charge in [-0.2, -0.15) is 5.10 Å². The van der Waals surface area contributed by atoms with Gasteiger partial charge < -0.3 is 15.8 Å². The SMILES string of the molecule is CC(C)c1cc(C(N)=O)n(-c2ccc([C@H]3CNCCO3)nc2)n1. The zero-order valence-electron chi connectivity index (χ0n) is 13.3. The zero-order chi connectivity index (χ0) is 16.4. The van der Waals surface area contributed by atoms with E-state index >= 15 is 0 Å². The van der Waals surface area contributed by atoms with Crippen LogP contribution in [0.4, 0.5) is 0 Å². The topological polar surface area (TPSA) is 95.1 Å². The molecule has 3 heterocycles. The molecule has 0 spiro atoms. The number of morpholine rings is 1. The molecule has 0 saturated carbocycles. The summed E-state index contributed by atoms with van der Waals surface area (Å²) in [4.78, 5) is 16.1. The van der Waals surface area contributed by atoms with Gasteiger partial charge in [0.25, 0.3) is 5.91 Å². The fourth-order valence-electron chi connectivity index (χ4n) is 2.52. The Kier molecular flexibility index (Phi) is 4.40. The van der Waals surface area contributed by atoms with Gasteiger partial charge in [-0.3, -0.25) is 9.78 Å². The first kappa shape index (κ1) is 15.6. The lowest BCUT2D eigenvalue weighted by Crippen LogP contribution is -2.33. The number of amides is 1. The molecule has 0 aliphatic carbocycles. The summed E-state index contributed by atoms with van der Waals surface area (Å²) in [6.45, 7) is 6.33. The number of nitrogens with one attached hydrogen (secondary N) is 1. The highest BCUT2D eigenvalue weighted by molar-refractivity contribution is 5.91. The minimum Gasteiger partial charge on any atom is -0.369 e. The smallest absolute Gasteiger partial charge is 0.267 e. The van der Waals surface area contributed by atoms with Crippen molar-refractivity contribution in [3.05, 3.63) is 41.5 Å². The van der Waals surface area contributed by atoms with Gasteiger partial charge in [-0.25, -0.2) is 4.68 Å². The molecule has 3 N–H and O–H groups in total. The Bertz CT molecular complexity index is 687. The number of ether oxygens (including phenoxy) is 1. The van der Waals surface area contributed by atoms with Gasteiger partial charge in [-0.05, 0) is 24.1 Å². The van der Waals surface area contributed by atoms with Gasteiger partial charge in [0.15, 0.2) is 0 Å². The van der Waals surface area contributed by atoms with E-state index in [4.69, 9.17) is 10.5 Å². The summed E-state index contributed by atoms with van der Waals surface area (Å²) in [7, 11) is 0. The van der Waals surface area contributed by atoms with E-state index in [-0.39, 0.29) is 12.0 Å². The summed E-state index contributed by atoms with van der Waals surface area (Å²) in [5.41, 5.74) is 8.21. The van der Waals surface area contributed by atoms with Crippen LogP contribution in [0, 0.1) is 0 Å². The van der Waals surface area contributed by atoms with Crippen LogP contribution in [0.25, 0.3) is 5.69 Å². The second kappa shape index (κ2) is 6.47. The first-order valence-corrected chi connectivity index (χ1v) is 7.74. The Morgan fingerprint density at radius 1 is 1.48 bits per heavy atom. The van der Waals surface area contributed by atoms with Crippen molar-refractivity contribution in [1.82, 2.24) is 20.1 Å². The quantitative estimate of drug-likeness (QED) is 0.882. The average Bonchev–Trinajstić information content (AvgIpc) is 3.02. The van der Waals surface area contributed by atoms with Crippen LogP contribution in [0.1, 0.15) is 47.7 Å². The predicted octanol–water partition coefficient (Wildman–Crippen LogP) is 1.15. The number of pyridine rings is 1. The van der Waals surface area contributed by atoms with E-state index in [9.17, 15) is 4.79 Å². The van der Waals surface area contributed by atoms with Gasteiger partial charge in [0, 0.05) is 13.1 Å². The summed E-state index contributed by atoms with van der Waals surface area (Å²) in [5.74, 6) is -0.295. The summed E-state index contributed by atoms with van der Waals surface area (Å²) in [6.07, 6.45) is 1.65. The van der Waals surface area contributed by atoms with Crippen LogP contribution in [0.3, 0.4) is 0 Å². The maximum Gasteiger partial charge on any atom is 0.267 e. The maximum absolute atomic E-state index is 11.7. The van der Waals surface area contributed by atoms with E-state index in [2.05, 4.69) is 15.4 Å². The summed E-state index contributed by atoms with van der Waals surface area (Å²) in [6, 6.07) is 5.51. The third-order valence-electron chi connectivity index (χ3n) is 3.85. The lowest BCUT2D eigenvalue weighted by Gasteiger charge is -2.23. The second-order valence-corrected chi connectivity index (χ2v) is 5.89. The van der Waals surface area contributed by atoms with Crippen LogP contribution in [0.15, 0.2) is 24.4 Å². The van der Waals surface area contributed by atoms with Gasteiger partial charge in [-0.15, -0.1) is 0 Å². The van der Waals surface area contributed by atoms with Gasteiger partial charge in [0.05, 0.1) is 29.9 Å². The highest BCUT2D eigenvalue weighted by Gasteiger charge is 2.19. The Hall–Kier alpha value is -2.25. The first-order valence-electron chi connectivity index (χ1n) is 7.74. The van der Waals surface area contributed by atoms with Crippen molar-refractivity contribution in [2.75, 3.05) is 19.7 Å². The number of aromatic nitrogens is 3.